The van der Waals surface area contributed by atoms with E-state index in [0.29, 0.717) is 9.37 Å². The van der Waals surface area contributed by atoms with Crippen LogP contribution in [-0.4, -0.2) is 36.8 Å². The van der Waals surface area contributed by atoms with Gasteiger partial charge in [0.15, 0.2) is 11.6 Å². The minimum absolute atomic E-state index is 0.111. The van der Waals surface area contributed by atoms with Crippen LogP contribution in [0.3, 0.4) is 0 Å². The predicted octanol–water partition coefficient (Wildman–Crippen LogP) is 5.60. The van der Waals surface area contributed by atoms with Crippen LogP contribution in [0.15, 0.2) is 45.9 Å². The van der Waals surface area contributed by atoms with Crippen LogP contribution in [0, 0.1) is 6.92 Å². The number of pyridine rings is 1. The smallest absolute Gasteiger partial charge is 0.425 e. The van der Waals surface area contributed by atoms with Gasteiger partial charge in [0.25, 0.3) is 0 Å². The molecule has 0 atom stereocenters. The van der Waals surface area contributed by atoms with E-state index in [2.05, 4.69) is 20.9 Å². The number of rotatable bonds is 4. The van der Waals surface area contributed by atoms with Crippen molar-refractivity contribution < 1.29 is 31.7 Å². The third-order valence-electron chi connectivity index (χ3n) is 3.67. The lowest BCUT2D eigenvalue weighted by Gasteiger charge is -2.28. The quantitative estimate of drug-likeness (QED) is 0.459. The molecule has 0 bridgehead atoms. The highest BCUT2D eigenvalue weighted by Gasteiger charge is 2.36. The molecule has 9 nitrogen and oxygen atoms in total. The fourth-order valence-electron chi connectivity index (χ4n) is 2.38. The average molecular weight is 543 g/mol. The fraction of sp³-hybridized carbons (Fsp3) is 0.409. The highest BCUT2D eigenvalue weighted by molar-refractivity contribution is 9.10. The van der Waals surface area contributed by atoms with E-state index in [4.69, 9.17) is 13.7 Å². The summed E-state index contributed by atoms with van der Waals surface area (Å²) in [5.74, 6) is -0.779. The lowest BCUT2D eigenvalue weighted by molar-refractivity contribution is 0.0428. The number of ether oxygens (including phenoxy) is 2. The summed E-state index contributed by atoms with van der Waals surface area (Å²) in [6.45, 7) is 11.5. The van der Waals surface area contributed by atoms with Gasteiger partial charge in [-0.15, -0.1) is 0 Å². The Hall–Kier alpha value is -2.66. The number of imide groups is 1. The minimum Gasteiger partial charge on any atom is -0.443 e. The first-order valence-corrected chi connectivity index (χ1v) is 12.1. The van der Waals surface area contributed by atoms with E-state index in [1.807, 2.05) is 6.92 Å². The van der Waals surface area contributed by atoms with Crippen molar-refractivity contribution >= 4 is 44.1 Å². The number of hydrogen-bond acceptors (Lipinski definition) is 8. The molecule has 2 rings (SSSR count). The summed E-state index contributed by atoms with van der Waals surface area (Å²) in [7, 11) is -4.32. The molecule has 0 radical (unpaired) electrons. The summed E-state index contributed by atoms with van der Waals surface area (Å²) >= 11 is 3.20. The number of aromatic nitrogens is 1. The van der Waals surface area contributed by atoms with Crippen LogP contribution in [0.4, 0.5) is 15.4 Å². The fourth-order valence-corrected chi connectivity index (χ4v) is 3.61. The molecule has 11 heteroatoms. The topological polar surface area (TPSA) is 112 Å². The second-order valence-electron chi connectivity index (χ2n) is 9.12. The Kier molecular flexibility index (Phi) is 7.80. The molecule has 0 aliphatic carbocycles. The van der Waals surface area contributed by atoms with Crippen molar-refractivity contribution in [2.75, 3.05) is 4.90 Å². The minimum atomic E-state index is -4.32. The van der Waals surface area contributed by atoms with Crippen molar-refractivity contribution in [3.05, 3.63) is 46.6 Å². The number of carbonyl (C=O) groups is 2. The first-order valence-electron chi connectivity index (χ1n) is 9.91. The van der Waals surface area contributed by atoms with Gasteiger partial charge in [-0.25, -0.2) is 14.6 Å². The molecule has 0 aliphatic rings. The summed E-state index contributed by atoms with van der Waals surface area (Å²) in [6, 6.07) is 7.27. The number of carbonyl (C=O) groups excluding carboxylic acids is 2. The van der Waals surface area contributed by atoms with Crippen molar-refractivity contribution in [2.24, 2.45) is 0 Å². The van der Waals surface area contributed by atoms with Gasteiger partial charge in [-0.2, -0.15) is 13.3 Å². The molecule has 2 amide bonds. The Labute approximate surface area is 202 Å². The number of aryl methyl sites for hydroxylation is 1. The molecular formula is C22H27BrN2O7S. The number of hydrogen-bond donors (Lipinski definition) is 0. The van der Waals surface area contributed by atoms with Gasteiger partial charge in [-0.1, -0.05) is 17.7 Å². The van der Waals surface area contributed by atoms with E-state index >= 15 is 0 Å². The standard InChI is InChI=1S/C22H27BrN2O7S/c1-14-8-10-16(11-9-14)33(28,29)32-17-12-15(23)13-24-18(17)25(19(26)30-21(2,3)4)20(27)31-22(5,6)7/h8-13H,1-7H3. The average Bonchev–Trinajstić information content (AvgIpc) is 2.61. The largest absolute Gasteiger partial charge is 0.443 e. The van der Waals surface area contributed by atoms with Crippen molar-refractivity contribution in [1.29, 1.82) is 0 Å². The lowest BCUT2D eigenvalue weighted by atomic mass is 10.2. The Bertz CT molecular complexity index is 1110. The second kappa shape index (κ2) is 9.68. The summed E-state index contributed by atoms with van der Waals surface area (Å²) in [5.41, 5.74) is -1.05. The molecule has 180 valence electrons. The molecule has 2 aromatic rings. The molecule has 1 heterocycles. The van der Waals surface area contributed by atoms with Gasteiger partial charge in [0.05, 0.1) is 0 Å². The number of halogens is 1. The Balaban J connectivity index is 2.58. The summed E-state index contributed by atoms with van der Waals surface area (Å²) in [4.78, 5) is 30.3. The Morgan fingerprint density at radius 1 is 0.939 bits per heavy atom. The second-order valence-corrected chi connectivity index (χ2v) is 11.6. The summed E-state index contributed by atoms with van der Waals surface area (Å²) in [6.07, 6.45) is -0.934. The Morgan fingerprint density at radius 3 is 1.88 bits per heavy atom. The van der Waals surface area contributed by atoms with Crippen LogP contribution in [-0.2, 0) is 19.6 Å². The zero-order valence-electron chi connectivity index (χ0n) is 19.5. The normalized spacial score (nSPS) is 12.1. The van der Waals surface area contributed by atoms with Crippen molar-refractivity contribution in [1.82, 2.24) is 4.98 Å². The van der Waals surface area contributed by atoms with E-state index in [-0.39, 0.29) is 10.6 Å². The number of benzene rings is 1. The van der Waals surface area contributed by atoms with Gasteiger partial charge in [0.2, 0.25) is 0 Å². The molecule has 0 unspecified atom stereocenters. The summed E-state index contributed by atoms with van der Waals surface area (Å²) < 4.78 is 42.1. The van der Waals surface area contributed by atoms with Crippen molar-refractivity contribution in [3.8, 4) is 5.75 Å². The zero-order chi connectivity index (χ0) is 25.2. The molecule has 0 spiro atoms. The lowest BCUT2D eigenvalue weighted by Crippen LogP contribution is -2.44. The molecule has 0 fully saturated rings. The maximum atomic E-state index is 12.9. The predicted molar refractivity (Wildman–Crippen MR) is 126 cm³/mol. The molecule has 0 saturated heterocycles. The third kappa shape index (κ3) is 7.71. The van der Waals surface area contributed by atoms with E-state index in [9.17, 15) is 18.0 Å². The number of anilines is 1. The molecule has 33 heavy (non-hydrogen) atoms. The zero-order valence-corrected chi connectivity index (χ0v) is 21.9. The number of nitrogens with zero attached hydrogens (tertiary/aromatic N) is 2. The highest BCUT2D eigenvalue weighted by atomic mass is 79.9. The van der Waals surface area contributed by atoms with E-state index in [0.717, 1.165) is 5.56 Å². The molecule has 1 aromatic carbocycles. The first-order chi connectivity index (χ1) is 15.0. The molecule has 0 saturated carbocycles. The van der Waals surface area contributed by atoms with Crippen LogP contribution < -0.4 is 9.08 Å². The first kappa shape index (κ1) is 26.6. The van der Waals surface area contributed by atoms with Gasteiger partial charge >= 0.3 is 22.3 Å². The van der Waals surface area contributed by atoms with Crippen molar-refractivity contribution in [2.45, 2.75) is 64.6 Å². The maximum absolute atomic E-state index is 12.9. The third-order valence-corrected chi connectivity index (χ3v) is 5.35. The van der Waals surface area contributed by atoms with E-state index in [1.54, 1.807) is 53.7 Å². The Morgan fingerprint density at radius 2 is 1.42 bits per heavy atom. The van der Waals surface area contributed by atoms with E-state index in [1.165, 1.54) is 24.4 Å². The SMILES string of the molecule is Cc1ccc(S(=O)(=O)Oc2cc(Br)cnc2N(C(=O)OC(C)(C)C)C(=O)OC(C)(C)C)cc1. The van der Waals surface area contributed by atoms with Crippen LogP contribution in [0.2, 0.25) is 0 Å². The summed E-state index contributed by atoms with van der Waals surface area (Å²) in [5, 5.41) is 0. The van der Waals surface area contributed by atoms with Crippen LogP contribution in [0.5, 0.6) is 5.75 Å². The molecule has 0 N–H and O–H groups in total. The molecule has 1 aromatic heterocycles. The van der Waals surface area contributed by atoms with Gasteiger partial charge in [-0.3, -0.25) is 0 Å². The van der Waals surface area contributed by atoms with Gasteiger partial charge in [0.1, 0.15) is 16.1 Å². The highest BCUT2D eigenvalue weighted by Crippen LogP contribution is 2.33. The van der Waals surface area contributed by atoms with Gasteiger partial charge in [-0.05, 0) is 76.5 Å². The van der Waals surface area contributed by atoms with Crippen molar-refractivity contribution in [3.63, 3.8) is 0 Å². The van der Waals surface area contributed by atoms with Crippen LogP contribution >= 0.6 is 15.9 Å². The molecule has 0 aliphatic heterocycles. The van der Waals surface area contributed by atoms with Gasteiger partial charge in [0, 0.05) is 16.7 Å². The number of amides is 2. The monoisotopic (exact) mass is 542 g/mol. The maximum Gasteiger partial charge on any atom is 0.425 e. The van der Waals surface area contributed by atoms with Gasteiger partial charge < -0.3 is 13.7 Å². The van der Waals surface area contributed by atoms with Crippen LogP contribution in [0.25, 0.3) is 0 Å². The van der Waals surface area contributed by atoms with E-state index < -0.39 is 39.3 Å². The molecular weight excluding hydrogens is 516 g/mol. The van der Waals surface area contributed by atoms with Crippen LogP contribution in [0.1, 0.15) is 47.1 Å².